The van der Waals surface area contributed by atoms with Crippen molar-refractivity contribution in [3.8, 4) is 0 Å². The smallest absolute Gasteiger partial charge is 0.306 e. The van der Waals surface area contributed by atoms with Crippen molar-refractivity contribution in [2.45, 2.75) is 76.9 Å². The number of fused-ring (bicyclic) bond motifs is 1. The Hall–Kier alpha value is -0.870. The third-order valence-corrected chi connectivity index (χ3v) is 6.54. The highest BCUT2D eigenvalue weighted by atomic mass is 16.6. The van der Waals surface area contributed by atoms with E-state index in [-0.39, 0.29) is 17.2 Å². The first-order valence-corrected chi connectivity index (χ1v) is 10.5. The number of methoxy groups -OCH3 is 1. The number of esters is 1. The molecule has 0 aromatic heterocycles. The fraction of sp³-hybridized carbons (Fsp3) is 0.864. The molecule has 1 heterocycles. The Bertz CT molecular complexity index is 512. The molecule has 1 aliphatic heterocycles. The van der Waals surface area contributed by atoms with E-state index in [2.05, 4.69) is 17.1 Å². The summed E-state index contributed by atoms with van der Waals surface area (Å²) in [5.74, 6) is 2.20. The second-order valence-corrected chi connectivity index (χ2v) is 9.47. The molecule has 3 unspecified atom stereocenters. The second kappa shape index (κ2) is 8.02. The minimum atomic E-state index is -0.371. The van der Waals surface area contributed by atoms with Crippen LogP contribution in [0, 0.1) is 17.8 Å². The minimum Gasteiger partial charge on any atom is -0.460 e. The van der Waals surface area contributed by atoms with E-state index in [0.29, 0.717) is 12.3 Å². The van der Waals surface area contributed by atoms with Crippen LogP contribution in [0.2, 0.25) is 0 Å². The summed E-state index contributed by atoms with van der Waals surface area (Å²) in [6.45, 7) is 9.13. The third-order valence-electron chi connectivity index (χ3n) is 6.54. The summed E-state index contributed by atoms with van der Waals surface area (Å²) in [6, 6.07) is 0. The number of rotatable bonds is 7. The lowest BCUT2D eigenvalue weighted by atomic mass is 9.95. The van der Waals surface area contributed by atoms with E-state index in [0.717, 1.165) is 31.3 Å². The average molecular weight is 364 g/mol. The molecule has 2 saturated carbocycles. The van der Waals surface area contributed by atoms with Crippen LogP contribution in [-0.4, -0.2) is 48.8 Å². The molecule has 0 spiro atoms. The van der Waals surface area contributed by atoms with Gasteiger partial charge in [0, 0.05) is 20.1 Å². The predicted molar refractivity (Wildman–Crippen MR) is 104 cm³/mol. The fourth-order valence-electron chi connectivity index (χ4n) is 4.90. The van der Waals surface area contributed by atoms with Gasteiger partial charge in [0.2, 0.25) is 0 Å². The maximum absolute atomic E-state index is 11.9. The Balaban J connectivity index is 1.36. The maximum atomic E-state index is 11.9. The van der Waals surface area contributed by atoms with Gasteiger partial charge in [-0.25, -0.2) is 0 Å². The highest BCUT2D eigenvalue weighted by Gasteiger charge is 2.68. The van der Waals surface area contributed by atoms with Gasteiger partial charge < -0.3 is 9.47 Å². The van der Waals surface area contributed by atoms with E-state index in [9.17, 15) is 4.79 Å². The number of ether oxygens (including phenoxy) is 2. The van der Waals surface area contributed by atoms with Crippen LogP contribution in [0.25, 0.3) is 0 Å². The van der Waals surface area contributed by atoms with E-state index >= 15 is 0 Å². The van der Waals surface area contributed by atoms with Crippen LogP contribution in [0.1, 0.15) is 65.7 Å². The van der Waals surface area contributed by atoms with Gasteiger partial charge in [0.1, 0.15) is 5.60 Å². The van der Waals surface area contributed by atoms with Crippen LogP contribution < -0.4 is 0 Å². The monoisotopic (exact) mass is 363 g/mol. The molecule has 0 bridgehead atoms. The molecular formula is C22H37NO3. The standard InChI is InChI=1S/C22H37NO3/c1-21(2,3)26-20(24)11-8-17-7-5-14-23(16-12-17)15-6-13-22(25-4)18-9-10-19(18)22/h6,13,17-19H,5,7-12,14-16H2,1-4H3/b13-6+. The maximum Gasteiger partial charge on any atom is 0.306 e. The molecule has 0 aromatic carbocycles. The van der Waals surface area contributed by atoms with E-state index in [4.69, 9.17) is 9.47 Å². The molecule has 3 fully saturated rings. The summed E-state index contributed by atoms with van der Waals surface area (Å²) in [7, 11) is 1.86. The lowest BCUT2D eigenvalue weighted by molar-refractivity contribution is -0.155. The van der Waals surface area contributed by atoms with Gasteiger partial charge >= 0.3 is 5.97 Å². The zero-order valence-electron chi connectivity index (χ0n) is 17.1. The average Bonchev–Trinajstić information content (AvgIpc) is 3.09. The SMILES string of the molecule is COC1(/C=C/CN2CCCC(CCC(=O)OC(C)(C)C)CC2)C2CCC21. The number of likely N-dealkylation sites (tertiary alicyclic amines) is 1. The first-order valence-electron chi connectivity index (χ1n) is 10.5. The van der Waals surface area contributed by atoms with Gasteiger partial charge in [-0.1, -0.05) is 12.2 Å². The molecule has 1 saturated heterocycles. The molecule has 0 N–H and O–H groups in total. The Morgan fingerprint density at radius 2 is 1.88 bits per heavy atom. The van der Waals surface area contributed by atoms with Crippen LogP contribution in [0.15, 0.2) is 12.2 Å². The number of hydrogen-bond donors (Lipinski definition) is 0. The van der Waals surface area contributed by atoms with Crippen molar-refractivity contribution in [2.24, 2.45) is 17.8 Å². The summed E-state index contributed by atoms with van der Waals surface area (Å²) in [6.07, 6.45) is 12.5. The number of nitrogens with zero attached hydrogens (tertiary/aromatic N) is 1. The van der Waals surface area contributed by atoms with E-state index in [1.54, 1.807) is 0 Å². The lowest BCUT2D eigenvalue weighted by Crippen LogP contribution is -2.25. The Morgan fingerprint density at radius 1 is 1.15 bits per heavy atom. The van der Waals surface area contributed by atoms with Crippen molar-refractivity contribution in [1.29, 1.82) is 0 Å². The molecule has 3 atom stereocenters. The second-order valence-electron chi connectivity index (χ2n) is 9.47. The van der Waals surface area contributed by atoms with E-state index in [1.807, 2.05) is 27.9 Å². The van der Waals surface area contributed by atoms with Crippen LogP contribution in [0.5, 0.6) is 0 Å². The highest BCUT2D eigenvalue weighted by Crippen LogP contribution is 2.66. The summed E-state index contributed by atoms with van der Waals surface area (Å²) < 4.78 is 11.2. The van der Waals surface area contributed by atoms with Crippen LogP contribution >= 0.6 is 0 Å². The zero-order chi connectivity index (χ0) is 18.8. The quantitative estimate of drug-likeness (QED) is 0.502. The van der Waals surface area contributed by atoms with Crippen molar-refractivity contribution in [1.82, 2.24) is 4.90 Å². The van der Waals surface area contributed by atoms with Crippen molar-refractivity contribution in [2.75, 3.05) is 26.7 Å². The summed E-state index contributed by atoms with van der Waals surface area (Å²) >= 11 is 0. The van der Waals surface area contributed by atoms with Crippen molar-refractivity contribution in [3.05, 3.63) is 12.2 Å². The number of carbonyl (C=O) groups is 1. The Kier molecular flexibility index (Phi) is 6.13. The number of hydrogen-bond acceptors (Lipinski definition) is 4. The first-order chi connectivity index (χ1) is 12.3. The zero-order valence-corrected chi connectivity index (χ0v) is 17.1. The first kappa shape index (κ1) is 19.9. The molecule has 0 aromatic rings. The van der Waals surface area contributed by atoms with Crippen molar-refractivity contribution >= 4 is 5.97 Å². The van der Waals surface area contributed by atoms with Crippen LogP contribution in [0.4, 0.5) is 0 Å². The topological polar surface area (TPSA) is 38.8 Å². The molecule has 0 radical (unpaired) electrons. The highest BCUT2D eigenvalue weighted by molar-refractivity contribution is 5.69. The van der Waals surface area contributed by atoms with Crippen LogP contribution in [-0.2, 0) is 14.3 Å². The van der Waals surface area contributed by atoms with Gasteiger partial charge in [-0.15, -0.1) is 0 Å². The summed E-state index contributed by atoms with van der Waals surface area (Å²) in [4.78, 5) is 14.5. The van der Waals surface area contributed by atoms with Gasteiger partial charge in [-0.05, 0) is 90.1 Å². The van der Waals surface area contributed by atoms with E-state index in [1.165, 1.54) is 38.6 Å². The Labute approximate surface area is 159 Å². The molecule has 4 heteroatoms. The van der Waals surface area contributed by atoms with Gasteiger partial charge in [-0.2, -0.15) is 0 Å². The third kappa shape index (κ3) is 4.69. The molecule has 3 rings (SSSR count). The van der Waals surface area contributed by atoms with Gasteiger partial charge in [0.15, 0.2) is 0 Å². The van der Waals surface area contributed by atoms with Crippen molar-refractivity contribution in [3.63, 3.8) is 0 Å². The summed E-state index contributed by atoms with van der Waals surface area (Å²) in [5, 5.41) is 0. The molecule has 2 aliphatic carbocycles. The van der Waals surface area contributed by atoms with Gasteiger partial charge in [-0.3, -0.25) is 9.69 Å². The van der Waals surface area contributed by atoms with Gasteiger partial charge in [0.25, 0.3) is 0 Å². The number of carbonyl (C=O) groups excluding carboxylic acids is 1. The molecule has 3 aliphatic rings. The van der Waals surface area contributed by atoms with Crippen LogP contribution in [0.3, 0.4) is 0 Å². The largest absolute Gasteiger partial charge is 0.460 e. The molecule has 26 heavy (non-hydrogen) atoms. The Morgan fingerprint density at radius 3 is 2.50 bits per heavy atom. The molecule has 148 valence electrons. The molecule has 0 amide bonds. The van der Waals surface area contributed by atoms with Crippen molar-refractivity contribution < 1.29 is 14.3 Å². The predicted octanol–water partition coefficient (Wildman–Crippen LogP) is 4.19. The van der Waals surface area contributed by atoms with E-state index < -0.39 is 0 Å². The van der Waals surface area contributed by atoms with Gasteiger partial charge in [0.05, 0.1) is 5.60 Å². The fourth-order valence-corrected chi connectivity index (χ4v) is 4.90. The summed E-state index contributed by atoms with van der Waals surface area (Å²) in [5.41, 5.74) is -0.286. The molecular weight excluding hydrogens is 326 g/mol. The lowest BCUT2D eigenvalue weighted by Gasteiger charge is -2.21. The minimum absolute atomic E-state index is 0.0505. The normalized spacial score (nSPS) is 34.8. The molecule has 4 nitrogen and oxygen atoms in total.